The van der Waals surface area contributed by atoms with E-state index in [0.717, 1.165) is 6.54 Å². The van der Waals surface area contributed by atoms with Crippen LogP contribution >= 0.6 is 0 Å². The molecule has 18 heavy (non-hydrogen) atoms. The summed E-state index contributed by atoms with van der Waals surface area (Å²) < 4.78 is 5.47. The van der Waals surface area contributed by atoms with Crippen molar-refractivity contribution >= 4 is 10.8 Å². The fraction of sp³-hybridized carbons (Fsp3) is 0.375. The van der Waals surface area contributed by atoms with E-state index in [1.54, 1.807) is 7.11 Å². The van der Waals surface area contributed by atoms with E-state index < -0.39 is 0 Å². The van der Waals surface area contributed by atoms with Gasteiger partial charge in [0.15, 0.2) is 0 Å². The number of benzene rings is 2. The van der Waals surface area contributed by atoms with Gasteiger partial charge in [0, 0.05) is 7.11 Å². The second kappa shape index (κ2) is 5.98. The maximum atomic E-state index is 5.47. The molecule has 0 fully saturated rings. The first-order chi connectivity index (χ1) is 8.76. The Labute approximate surface area is 109 Å². The van der Waals surface area contributed by atoms with Gasteiger partial charge in [-0.05, 0) is 35.9 Å². The summed E-state index contributed by atoms with van der Waals surface area (Å²) in [6.45, 7) is 5.16. The van der Waals surface area contributed by atoms with Crippen molar-refractivity contribution in [2.75, 3.05) is 13.7 Å². The van der Waals surface area contributed by atoms with Crippen LogP contribution in [0.3, 0.4) is 0 Å². The van der Waals surface area contributed by atoms with Crippen molar-refractivity contribution in [2.24, 2.45) is 0 Å². The van der Waals surface area contributed by atoms with Crippen LogP contribution < -0.4 is 5.32 Å². The van der Waals surface area contributed by atoms with Crippen LogP contribution in [0.5, 0.6) is 0 Å². The van der Waals surface area contributed by atoms with Gasteiger partial charge in [-0.2, -0.15) is 0 Å². The molecule has 0 spiro atoms. The molecule has 0 bridgehead atoms. The topological polar surface area (TPSA) is 21.3 Å². The van der Waals surface area contributed by atoms with Crippen molar-refractivity contribution < 1.29 is 4.74 Å². The Bertz CT molecular complexity index is 509. The van der Waals surface area contributed by atoms with Crippen molar-refractivity contribution in [3.05, 3.63) is 48.0 Å². The smallest absolute Gasteiger partial charge is 0.0737 e. The molecule has 0 aliphatic rings. The van der Waals surface area contributed by atoms with E-state index in [9.17, 15) is 0 Å². The van der Waals surface area contributed by atoms with Crippen molar-refractivity contribution in [3.63, 3.8) is 0 Å². The number of likely N-dealkylation sites (N-methyl/N-ethyl adjacent to an activating group) is 1. The van der Waals surface area contributed by atoms with Gasteiger partial charge in [0.2, 0.25) is 0 Å². The lowest BCUT2D eigenvalue weighted by atomic mass is 9.98. The predicted octanol–water partition coefficient (Wildman–Crippen LogP) is 3.53. The first kappa shape index (κ1) is 13.1. The molecule has 0 radical (unpaired) electrons. The number of methoxy groups -OCH3 is 1. The molecule has 0 amide bonds. The van der Waals surface area contributed by atoms with Crippen LogP contribution in [0.4, 0.5) is 0 Å². The monoisotopic (exact) mass is 243 g/mol. The van der Waals surface area contributed by atoms with Gasteiger partial charge in [-0.3, -0.25) is 0 Å². The van der Waals surface area contributed by atoms with E-state index in [1.165, 1.54) is 16.3 Å². The van der Waals surface area contributed by atoms with Crippen LogP contribution in [0, 0.1) is 0 Å². The lowest BCUT2D eigenvalue weighted by Crippen LogP contribution is -2.31. The maximum Gasteiger partial charge on any atom is 0.0737 e. The summed E-state index contributed by atoms with van der Waals surface area (Å²) in [5.74, 6) is 0. The highest BCUT2D eigenvalue weighted by atomic mass is 16.5. The Balaban J connectivity index is 2.37. The van der Waals surface area contributed by atoms with Gasteiger partial charge in [0.1, 0.15) is 0 Å². The quantitative estimate of drug-likeness (QED) is 0.867. The van der Waals surface area contributed by atoms with Crippen LogP contribution in [0.1, 0.15) is 25.5 Å². The number of hydrogen-bond acceptors (Lipinski definition) is 2. The molecule has 2 nitrogen and oxygen atoms in total. The molecular formula is C16H21NO. The molecule has 96 valence electrons. The van der Waals surface area contributed by atoms with Crippen molar-refractivity contribution in [1.82, 2.24) is 5.32 Å². The van der Waals surface area contributed by atoms with Gasteiger partial charge in [0.25, 0.3) is 0 Å². The van der Waals surface area contributed by atoms with Gasteiger partial charge < -0.3 is 10.1 Å². The Morgan fingerprint density at radius 2 is 1.83 bits per heavy atom. The summed E-state index contributed by atoms with van der Waals surface area (Å²) in [6.07, 6.45) is 0.158. The molecule has 1 N–H and O–H groups in total. The highest BCUT2D eigenvalue weighted by molar-refractivity contribution is 5.83. The first-order valence-corrected chi connectivity index (χ1v) is 6.51. The van der Waals surface area contributed by atoms with Crippen LogP contribution in [-0.2, 0) is 4.74 Å². The van der Waals surface area contributed by atoms with Crippen LogP contribution in [0.2, 0.25) is 0 Å². The molecule has 0 saturated carbocycles. The number of rotatable bonds is 5. The second-order valence-corrected chi connectivity index (χ2v) is 4.58. The van der Waals surface area contributed by atoms with Crippen molar-refractivity contribution in [3.8, 4) is 0 Å². The summed E-state index contributed by atoms with van der Waals surface area (Å²) in [7, 11) is 1.76. The second-order valence-electron chi connectivity index (χ2n) is 4.58. The molecule has 2 unspecified atom stereocenters. The Morgan fingerprint density at radius 3 is 2.50 bits per heavy atom. The molecule has 2 rings (SSSR count). The summed E-state index contributed by atoms with van der Waals surface area (Å²) in [5.41, 5.74) is 1.28. The highest BCUT2D eigenvalue weighted by Gasteiger charge is 2.17. The van der Waals surface area contributed by atoms with Crippen LogP contribution in [0.15, 0.2) is 42.5 Å². The Hall–Kier alpha value is -1.38. The van der Waals surface area contributed by atoms with E-state index in [0.29, 0.717) is 0 Å². The van der Waals surface area contributed by atoms with Crippen LogP contribution in [0.25, 0.3) is 10.8 Å². The van der Waals surface area contributed by atoms with Gasteiger partial charge in [-0.15, -0.1) is 0 Å². The fourth-order valence-corrected chi connectivity index (χ4v) is 2.31. The largest absolute Gasteiger partial charge is 0.380 e. The van der Waals surface area contributed by atoms with E-state index in [1.807, 2.05) is 0 Å². The minimum Gasteiger partial charge on any atom is -0.380 e. The maximum absolute atomic E-state index is 5.47. The summed E-state index contributed by atoms with van der Waals surface area (Å²) in [4.78, 5) is 0. The fourth-order valence-electron chi connectivity index (χ4n) is 2.31. The molecular weight excluding hydrogens is 222 g/mol. The summed E-state index contributed by atoms with van der Waals surface area (Å²) in [6, 6.07) is 15.3. The average Bonchev–Trinajstić information content (AvgIpc) is 2.43. The lowest BCUT2D eigenvalue weighted by Gasteiger charge is -2.24. The molecule has 0 heterocycles. The third-order valence-electron chi connectivity index (χ3n) is 3.40. The van der Waals surface area contributed by atoms with E-state index in [4.69, 9.17) is 4.74 Å². The van der Waals surface area contributed by atoms with Gasteiger partial charge in [-0.25, -0.2) is 0 Å². The zero-order valence-corrected chi connectivity index (χ0v) is 11.3. The zero-order chi connectivity index (χ0) is 13.0. The van der Waals surface area contributed by atoms with Gasteiger partial charge in [-0.1, -0.05) is 43.3 Å². The SMILES string of the molecule is CCNC(c1ccc2ccccc2c1)C(C)OC. The van der Waals surface area contributed by atoms with Gasteiger partial charge in [0.05, 0.1) is 12.1 Å². The van der Waals surface area contributed by atoms with Crippen molar-refractivity contribution in [1.29, 1.82) is 0 Å². The highest BCUT2D eigenvalue weighted by Crippen LogP contribution is 2.23. The number of fused-ring (bicyclic) bond motifs is 1. The number of hydrogen-bond donors (Lipinski definition) is 1. The molecule has 0 aliphatic carbocycles. The third kappa shape index (κ3) is 2.71. The molecule has 0 saturated heterocycles. The standard InChI is InChI=1S/C16H21NO/c1-4-17-16(12(2)18-3)15-10-9-13-7-5-6-8-14(13)11-15/h5-12,16-17H,4H2,1-3H3. The normalized spacial score (nSPS) is 14.6. The van der Waals surface area contributed by atoms with E-state index in [-0.39, 0.29) is 12.1 Å². The number of nitrogens with one attached hydrogen (secondary N) is 1. The predicted molar refractivity (Wildman–Crippen MR) is 76.8 cm³/mol. The van der Waals surface area contributed by atoms with Crippen LogP contribution in [-0.4, -0.2) is 19.8 Å². The number of ether oxygens (including phenoxy) is 1. The lowest BCUT2D eigenvalue weighted by molar-refractivity contribution is 0.0836. The Morgan fingerprint density at radius 1 is 1.11 bits per heavy atom. The average molecular weight is 243 g/mol. The zero-order valence-electron chi connectivity index (χ0n) is 11.3. The third-order valence-corrected chi connectivity index (χ3v) is 3.40. The minimum absolute atomic E-state index is 0.158. The van der Waals surface area contributed by atoms with Gasteiger partial charge >= 0.3 is 0 Å². The molecule has 0 aliphatic heterocycles. The molecule has 2 aromatic rings. The van der Waals surface area contributed by atoms with E-state index in [2.05, 4.69) is 61.6 Å². The Kier molecular flexibility index (Phi) is 4.34. The molecule has 2 aromatic carbocycles. The molecule has 2 heteroatoms. The summed E-state index contributed by atoms with van der Waals surface area (Å²) in [5, 5.41) is 6.05. The minimum atomic E-state index is 0.158. The molecule has 2 atom stereocenters. The first-order valence-electron chi connectivity index (χ1n) is 6.51. The summed E-state index contributed by atoms with van der Waals surface area (Å²) >= 11 is 0. The van der Waals surface area contributed by atoms with Crippen molar-refractivity contribution in [2.45, 2.75) is 26.0 Å². The van der Waals surface area contributed by atoms with E-state index >= 15 is 0 Å². The molecule has 0 aromatic heterocycles.